The zero-order valence-electron chi connectivity index (χ0n) is 11.0. The Bertz CT molecular complexity index is 464. The largest absolute Gasteiger partial charge is 0.486 e. The zero-order valence-corrected chi connectivity index (χ0v) is 11.0. The molecule has 6 nitrogen and oxygen atoms in total. The van der Waals surface area contributed by atoms with Crippen LogP contribution in [0.25, 0.3) is 0 Å². The van der Waals surface area contributed by atoms with Gasteiger partial charge in [0.2, 0.25) is 0 Å². The first-order valence-corrected chi connectivity index (χ1v) is 6.05. The number of carbonyl (C=O) groups is 1. The van der Waals surface area contributed by atoms with Crippen LogP contribution >= 0.6 is 0 Å². The number of methoxy groups -OCH3 is 1. The van der Waals surface area contributed by atoms with Crippen molar-refractivity contribution in [3.8, 4) is 5.75 Å². The van der Waals surface area contributed by atoms with Gasteiger partial charge in [0.05, 0.1) is 6.61 Å². The molecule has 1 heterocycles. The summed E-state index contributed by atoms with van der Waals surface area (Å²) >= 11 is 0. The number of hydrogen-bond donors (Lipinski definition) is 2. The van der Waals surface area contributed by atoms with Crippen LogP contribution in [0, 0.1) is 0 Å². The molecule has 6 heteroatoms. The van der Waals surface area contributed by atoms with E-state index in [0.717, 1.165) is 18.7 Å². The average Bonchev–Trinajstić information content (AvgIpc) is 2.54. The van der Waals surface area contributed by atoms with E-state index >= 15 is 0 Å². The number of hydroxylamine groups is 1. The van der Waals surface area contributed by atoms with Gasteiger partial charge in [0.1, 0.15) is 11.9 Å². The van der Waals surface area contributed by atoms with Crippen LogP contribution in [0.15, 0.2) is 18.2 Å². The van der Waals surface area contributed by atoms with E-state index < -0.39 is 5.91 Å². The smallest absolute Gasteiger partial charge is 0.274 e. The Hall–Kier alpha value is -1.63. The van der Waals surface area contributed by atoms with Crippen LogP contribution in [0.1, 0.15) is 15.9 Å². The number of nitrogens with one attached hydrogen (secondary N) is 1. The number of carbonyl (C=O) groups excluding carboxylic acids is 1. The highest BCUT2D eigenvalue weighted by atomic mass is 16.5. The van der Waals surface area contributed by atoms with Crippen molar-refractivity contribution in [2.75, 3.05) is 27.3 Å². The van der Waals surface area contributed by atoms with Crippen LogP contribution in [-0.4, -0.2) is 49.4 Å². The van der Waals surface area contributed by atoms with Crippen LogP contribution in [0.2, 0.25) is 0 Å². The fourth-order valence-corrected chi connectivity index (χ4v) is 2.19. The van der Waals surface area contributed by atoms with Crippen LogP contribution < -0.4 is 10.2 Å². The molecule has 1 amide bonds. The first kappa shape index (κ1) is 13.8. The molecule has 1 aromatic carbocycles. The summed E-state index contributed by atoms with van der Waals surface area (Å²) in [5.74, 6) is 0.111. The number of benzene rings is 1. The lowest BCUT2D eigenvalue weighted by molar-refractivity contribution is 0.0653. The van der Waals surface area contributed by atoms with Gasteiger partial charge in [-0.1, -0.05) is 6.07 Å². The van der Waals surface area contributed by atoms with Crippen molar-refractivity contribution in [3.05, 3.63) is 29.3 Å². The van der Waals surface area contributed by atoms with Gasteiger partial charge in [-0.25, -0.2) is 5.48 Å². The van der Waals surface area contributed by atoms with Gasteiger partial charge in [0.15, 0.2) is 0 Å². The molecular weight excluding hydrogens is 248 g/mol. The number of rotatable bonds is 3. The molecule has 0 bridgehead atoms. The van der Waals surface area contributed by atoms with Gasteiger partial charge in [0, 0.05) is 31.3 Å². The minimum atomic E-state index is -0.549. The molecule has 0 saturated heterocycles. The molecule has 0 aromatic heterocycles. The van der Waals surface area contributed by atoms with Gasteiger partial charge in [-0.15, -0.1) is 0 Å². The standard InChI is InChI=1S/C13H18N2O4/c1-15-6-10-4-3-9(13(16)14-17)5-12(10)19-11(7-15)8-18-2/h3-5,11,17H,6-8H2,1-2H3,(H,14,16)/t11-/m0/s1. The summed E-state index contributed by atoms with van der Waals surface area (Å²) in [7, 11) is 3.64. The Morgan fingerprint density at radius 1 is 1.63 bits per heavy atom. The van der Waals surface area contributed by atoms with E-state index in [-0.39, 0.29) is 6.10 Å². The minimum Gasteiger partial charge on any atom is -0.486 e. The lowest BCUT2D eigenvalue weighted by Crippen LogP contribution is -2.33. The summed E-state index contributed by atoms with van der Waals surface area (Å²) < 4.78 is 11.0. The van der Waals surface area contributed by atoms with Crippen molar-refractivity contribution in [2.45, 2.75) is 12.6 Å². The normalized spacial score (nSPS) is 19.2. The van der Waals surface area contributed by atoms with Crippen molar-refractivity contribution >= 4 is 5.91 Å². The lowest BCUT2D eigenvalue weighted by atomic mass is 10.1. The Kier molecular flexibility index (Phi) is 4.36. The Morgan fingerprint density at radius 2 is 2.42 bits per heavy atom. The molecule has 2 N–H and O–H groups in total. The van der Waals surface area contributed by atoms with Gasteiger partial charge in [-0.05, 0) is 19.2 Å². The molecule has 0 unspecified atom stereocenters. The van der Waals surface area contributed by atoms with Crippen LogP contribution in [0.3, 0.4) is 0 Å². The highest BCUT2D eigenvalue weighted by molar-refractivity contribution is 5.93. The second-order valence-electron chi connectivity index (χ2n) is 4.66. The van der Waals surface area contributed by atoms with Gasteiger partial charge < -0.3 is 9.47 Å². The van der Waals surface area contributed by atoms with E-state index in [0.29, 0.717) is 17.9 Å². The summed E-state index contributed by atoms with van der Waals surface area (Å²) in [5, 5.41) is 8.66. The molecule has 1 atom stereocenters. The third-order valence-corrected chi connectivity index (χ3v) is 3.03. The molecule has 19 heavy (non-hydrogen) atoms. The number of hydrogen-bond acceptors (Lipinski definition) is 5. The number of nitrogens with zero attached hydrogens (tertiary/aromatic N) is 1. The summed E-state index contributed by atoms with van der Waals surface area (Å²) in [4.78, 5) is 13.5. The van der Waals surface area contributed by atoms with Crippen molar-refractivity contribution in [3.63, 3.8) is 0 Å². The quantitative estimate of drug-likeness (QED) is 0.621. The van der Waals surface area contributed by atoms with Gasteiger partial charge in [0.25, 0.3) is 5.91 Å². The van der Waals surface area contributed by atoms with Gasteiger partial charge in [-0.2, -0.15) is 0 Å². The number of ether oxygens (including phenoxy) is 2. The monoisotopic (exact) mass is 266 g/mol. The van der Waals surface area contributed by atoms with Crippen molar-refractivity contribution < 1.29 is 19.5 Å². The molecule has 0 aliphatic carbocycles. The second kappa shape index (κ2) is 6.01. The zero-order chi connectivity index (χ0) is 13.8. The lowest BCUT2D eigenvalue weighted by Gasteiger charge is -2.19. The number of likely N-dealkylation sites (N-methyl/N-ethyl adjacent to an activating group) is 1. The fourth-order valence-electron chi connectivity index (χ4n) is 2.19. The molecule has 2 rings (SSSR count). The topological polar surface area (TPSA) is 71.0 Å². The summed E-state index contributed by atoms with van der Waals surface area (Å²) in [5.41, 5.74) is 2.99. The second-order valence-corrected chi connectivity index (χ2v) is 4.66. The van der Waals surface area contributed by atoms with Crippen LogP contribution in [-0.2, 0) is 11.3 Å². The predicted octanol–water partition coefficient (Wildman–Crippen LogP) is 0.645. The maximum atomic E-state index is 11.4. The van der Waals surface area contributed by atoms with Crippen molar-refractivity contribution in [1.29, 1.82) is 0 Å². The average molecular weight is 266 g/mol. The molecule has 104 valence electrons. The molecule has 0 radical (unpaired) electrons. The highest BCUT2D eigenvalue weighted by Gasteiger charge is 2.21. The molecule has 1 aliphatic rings. The number of fused-ring (bicyclic) bond motifs is 1. The molecule has 0 spiro atoms. The third kappa shape index (κ3) is 3.23. The van der Waals surface area contributed by atoms with Crippen LogP contribution in [0.4, 0.5) is 0 Å². The fraction of sp³-hybridized carbons (Fsp3) is 0.462. The van der Waals surface area contributed by atoms with Crippen LogP contribution in [0.5, 0.6) is 5.75 Å². The Balaban J connectivity index is 2.28. The summed E-state index contributed by atoms with van der Waals surface area (Å²) in [6, 6.07) is 5.15. The SMILES string of the molecule is COC[C@@H]1CN(C)Cc2ccc(C(=O)NO)cc2O1. The summed E-state index contributed by atoms with van der Waals surface area (Å²) in [6.45, 7) is 1.99. The Morgan fingerprint density at radius 3 is 3.11 bits per heavy atom. The Labute approximate surface area is 111 Å². The first-order valence-electron chi connectivity index (χ1n) is 6.05. The number of amides is 1. The molecular formula is C13H18N2O4. The third-order valence-electron chi connectivity index (χ3n) is 3.03. The van der Waals surface area contributed by atoms with Gasteiger partial charge in [-0.3, -0.25) is 14.9 Å². The molecule has 1 aromatic rings. The van der Waals surface area contributed by atoms with E-state index in [1.807, 2.05) is 13.1 Å². The van der Waals surface area contributed by atoms with E-state index in [2.05, 4.69) is 4.90 Å². The van der Waals surface area contributed by atoms with E-state index in [1.54, 1.807) is 24.7 Å². The first-order chi connectivity index (χ1) is 9.13. The van der Waals surface area contributed by atoms with Gasteiger partial charge >= 0.3 is 0 Å². The van der Waals surface area contributed by atoms with E-state index in [1.165, 1.54) is 0 Å². The minimum absolute atomic E-state index is 0.0799. The maximum Gasteiger partial charge on any atom is 0.274 e. The predicted molar refractivity (Wildman–Crippen MR) is 68.3 cm³/mol. The highest BCUT2D eigenvalue weighted by Crippen LogP contribution is 2.26. The molecule has 1 aliphatic heterocycles. The molecule has 0 saturated carbocycles. The van der Waals surface area contributed by atoms with Crippen molar-refractivity contribution in [2.24, 2.45) is 0 Å². The van der Waals surface area contributed by atoms with E-state index in [9.17, 15) is 4.79 Å². The van der Waals surface area contributed by atoms with E-state index in [4.69, 9.17) is 14.7 Å². The molecule has 0 fully saturated rings. The maximum absolute atomic E-state index is 11.4. The summed E-state index contributed by atoms with van der Waals surface area (Å²) in [6.07, 6.45) is -0.0799. The van der Waals surface area contributed by atoms with Crippen molar-refractivity contribution in [1.82, 2.24) is 10.4 Å².